The standard InChI is InChI=1S/C15H21NO4/c1-15(2,3)16-13(17)10-20-14(18)9-11-7-5-6-8-12(11)19-4/h5-8H,9-10H2,1-4H3,(H,16,17). The van der Waals surface area contributed by atoms with Crippen LogP contribution in [0.2, 0.25) is 0 Å². The minimum Gasteiger partial charge on any atom is -0.496 e. The molecule has 0 radical (unpaired) electrons. The summed E-state index contributed by atoms with van der Waals surface area (Å²) in [6.45, 7) is 5.32. The molecular weight excluding hydrogens is 258 g/mol. The smallest absolute Gasteiger partial charge is 0.310 e. The van der Waals surface area contributed by atoms with Gasteiger partial charge in [0.25, 0.3) is 5.91 Å². The van der Waals surface area contributed by atoms with Crippen LogP contribution < -0.4 is 10.1 Å². The molecule has 0 unspecified atom stereocenters. The number of nitrogens with one attached hydrogen (secondary N) is 1. The molecule has 0 aromatic heterocycles. The first kappa shape index (κ1) is 16.0. The molecule has 0 heterocycles. The lowest BCUT2D eigenvalue weighted by Crippen LogP contribution is -2.42. The molecule has 5 heteroatoms. The van der Waals surface area contributed by atoms with E-state index in [1.807, 2.05) is 32.9 Å². The highest BCUT2D eigenvalue weighted by Crippen LogP contribution is 2.17. The van der Waals surface area contributed by atoms with E-state index in [4.69, 9.17) is 9.47 Å². The van der Waals surface area contributed by atoms with E-state index in [2.05, 4.69) is 5.32 Å². The number of rotatable bonds is 5. The van der Waals surface area contributed by atoms with Crippen LogP contribution in [0, 0.1) is 0 Å². The Morgan fingerprint density at radius 3 is 2.45 bits per heavy atom. The Hall–Kier alpha value is -2.04. The molecule has 0 spiro atoms. The van der Waals surface area contributed by atoms with Crippen LogP contribution in [0.1, 0.15) is 26.3 Å². The topological polar surface area (TPSA) is 64.6 Å². The van der Waals surface area contributed by atoms with Crippen molar-refractivity contribution < 1.29 is 19.1 Å². The number of hydrogen-bond donors (Lipinski definition) is 1. The number of amides is 1. The molecule has 0 aliphatic heterocycles. The van der Waals surface area contributed by atoms with Crippen molar-refractivity contribution in [1.82, 2.24) is 5.32 Å². The lowest BCUT2D eigenvalue weighted by atomic mass is 10.1. The number of esters is 1. The van der Waals surface area contributed by atoms with Gasteiger partial charge >= 0.3 is 5.97 Å². The SMILES string of the molecule is COc1ccccc1CC(=O)OCC(=O)NC(C)(C)C. The first-order valence-electron chi connectivity index (χ1n) is 6.40. The summed E-state index contributed by atoms with van der Waals surface area (Å²) in [5, 5.41) is 2.72. The molecule has 1 amide bonds. The van der Waals surface area contributed by atoms with Gasteiger partial charge in [0.1, 0.15) is 5.75 Å². The quantitative estimate of drug-likeness (QED) is 0.833. The number of carbonyl (C=O) groups excluding carboxylic acids is 2. The number of ether oxygens (including phenoxy) is 2. The number of methoxy groups -OCH3 is 1. The fourth-order valence-electron chi connectivity index (χ4n) is 1.66. The largest absolute Gasteiger partial charge is 0.496 e. The third-order valence-corrected chi connectivity index (χ3v) is 2.41. The summed E-state index contributed by atoms with van der Waals surface area (Å²) in [4.78, 5) is 23.2. The number of carbonyl (C=O) groups is 2. The van der Waals surface area contributed by atoms with E-state index in [1.54, 1.807) is 19.2 Å². The number of hydrogen-bond acceptors (Lipinski definition) is 4. The van der Waals surface area contributed by atoms with Crippen LogP contribution in [0.4, 0.5) is 0 Å². The second-order valence-electron chi connectivity index (χ2n) is 5.45. The van der Waals surface area contributed by atoms with Crippen LogP contribution in [0.15, 0.2) is 24.3 Å². The van der Waals surface area contributed by atoms with E-state index in [0.29, 0.717) is 5.75 Å². The zero-order chi connectivity index (χ0) is 15.2. The van der Waals surface area contributed by atoms with E-state index in [-0.39, 0.29) is 24.5 Å². The van der Waals surface area contributed by atoms with Crippen LogP contribution in [0.3, 0.4) is 0 Å². The highest BCUT2D eigenvalue weighted by Gasteiger charge is 2.16. The van der Waals surface area contributed by atoms with Gasteiger partial charge in [0.15, 0.2) is 6.61 Å². The summed E-state index contributed by atoms with van der Waals surface area (Å²) in [6, 6.07) is 7.20. The van der Waals surface area contributed by atoms with E-state index < -0.39 is 5.97 Å². The maximum absolute atomic E-state index is 11.7. The van der Waals surface area contributed by atoms with Gasteiger partial charge in [-0.05, 0) is 26.8 Å². The zero-order valence-corrected chi connectivity index (χ0v) is 12.4. The predicted octanol–water partition coefficient (Wildman–Crippen LogP) is 1.70. The molecule has 0 atom stereocenters. The van der Waals surface area contributed by atoms with Gasteiger partial charge in [-0.25, -0.2) is 0 Å². The van der Waals surface area contributed by atoms with Crippen molar-refractivity contribution in [2.24, 2.45) is 0 Å². The Labute approximate surface area is 119 Å². The van der Waals surface area contributed by atoms with Crippen molar-refractivity contribution in [3.05, 3.63) is 29.8 Å². The summed E-state index contributed by atoms with van der Waals surface area (Å²) < 4.78 is 10.1. The summed E-state index contributed by atoms with van der Waals surface area (Å²) >= 11 is 0. The van der Waals surface area contributed by atoms with Crippen LogP contribution in [-0.4, -0.2) is 31.1 Å². The van der Waals surface area contributed by atoms with E-state index in [1.165, 1.54) is 0 Å². The van der Waals surface area contributed by atoms with E-state index in [0.717, 1.165) is 5.56 Å². The lowest BCUT2D eigenvalue weighted by molar-refractivity contribution is -0.148. The maximum Gasteiger partial charge on any atom is 0.310 e. The van der Waals surface area contributed by atoms with Crippen molar-refractivity contribution in [3.63, 3.8) is 0 Å². The molecule has 1 rings (SSSR count). The minimum absolute atomic E-state index is 0.0762. The molecular formula is C15H21NO4. The van der Waals surface area contributed by atoms with Gasteiger partial charge in [-0.1, -0.05) is 18.2 Å². The highest BCUT2D eigenvalue weighted by atomic mass is 16.5. The highest BCUT2D eigenvalue weighted by molar-refractivity contribution is 5.81. The molecule has 0 aliphatic carbocycles. The Morgan fingerprint density at radius 2 is 1.85 bits per heavy atom. The van der Waals surface area contributed by atoms with Gasteiger partial charge in [0, 0.05) is 11.1 Å². The average Bonchev–Trinajstić information content (AvgIpc) is 2.35. The van der Waals surface area contributed by atoms with Gasteiger partial charge in [0.05, 0.1) is 13.5 Å². The molecule has 110 valence electrons. The molecule has 0 fully saturated rings. The fraction of sp³-hybridized carbons (Fsp3) is 0.467. The third kappa shape index (κ3) is 5.73. The third-order valence-electron chi connectivity index (χ3n) is 2.41. The Morgan fingerprint density at radius 1 is 1.20 bits per heavy atom. The second kappa shape index (κ2) is 6.93. The monoisotopic (exact) mass is 279 g/mol. The molecule has 1 N–H and O–H groups in total. The first-order valence-corrected chi connectivity index (χ1v) is 6.40. The Kier molecular flexibility index (Phi) is 5.55. The van der Waals surface area contributed by atoms with Crippen molar-refractivity contribution in [2.45, 2.75) is 32.7 Å². The van der Waals surface area contributed by atoms with Gasteiger partial charge in [-0.15, -0.1) is 0 Å². The van der Waals surface area contributed by atoms with E-state index >= 15 is 0 Å². The molecule has 20 heavy (non-hydrogen) atoms. The van der Waals surface area contributed by atoms with Crippen LogP contribution in [0.25, 0.3) is 0 Å². The average molecular weight is 279 g/mol. The van der Waals surface area contributed by atoms with Gasteiger partial charge in [-0.3, -0.25) is 9.59 Å². The summed E-state index contributed by atoms with van der Waals surface area (Å²) in [5.41, 5.74) is 0.391. The summed E-state index contributed by atoms with van der Waals surface area (Å²) in [6.07, 6.45) is 0.0762. The molecule has 0 saturated carbocycles. The Balaban J connectivity index is 2.46. The van der Waals surface area contributed by atoms with Gasteiger partial charge in [-0.2, -0.15) is 0 Å². The van der Waals surface area contributed by atoms with Crippen LogP contribution in [-0.2, 0) is 20.7 Å². The first-order chi connectivity index (χ1) is 9.31. The van der Waals surface area contributed by atoms with Crippen LogP contribution >= 0.6 is 0 Å². The second-order valence-corrected chi connectivity index (χ2v) is 5.45. The number of para-hydroxylation sites is 1. The molecule has 1 aromatic carbocycles. The zero-order valence-electron chi connectivity index (χ0n) is 12.4. The summed E-state index contributed by atoms with van der Waals surface area (Å²) in [7, 11) is 1.54. The van der Waals surface area contributed by atoms with Crippen molar-refractivity contribution in [3.8, 4) is 5.75 Å². The lowest BCUT2D eigenvalue weighted by Gasteiger charge is -2.20. The molecule has 1 aromatic rings. The summed E-state index contributed by atoms with van der Waals surface area (Å²) in [5.74, 6) is -0.145. The van der Waals surface area contributed by atoms with Crippen molar-refractivity contribution in [2.75, 3.05) is 13.7 Å². The normalized spacial score (nSPS) is 10.8. The number of benzene rings is 1. The maximum atomic E-state index is 11.7. The Bertz CT molecular complexity index is 477. The van der Waals surface area contributed by atoms with Gasteiger partial charge < -0.3 is 14.8 Å². The fourth-order valence-corrected chi connectivity index (χ4v) is 1.66. The molecule has 0 saturated heterocycles. The van der Waals surface area contributed by atoms with Crippen molar-refractivity contribution >= 4 is 11.9 Å². The molecule has 5 nitrogen and oxygen atoms in total. The molecule has 0 aliphatic rings. The minimum atomic E-state index is -0.460. The van der Waals surface area contributed by atoms with E-state index in [9.17, 15) is 9.59 Å². The van der Waals surface area contributed by atoms with Crippen LogP contribution in [0.5, 0.6) is 5.75 Å². The predicted molar refractivity (Wildman–Crippen MR) is 75.6 cm³/mol. The van der Waals surface area contributed by atoms with Gasteiger partial charge in [0.2, 0.25) is 0 Å². The van der Waals surface area contributed by atoms with Crippen molar-refractivity contribution in [1.29, 1.82) is 0 Å². The molecule has 0 bridgehead atoms.